The number of nitrogens with one attached hydrogen (secondary N) is 2. The molecule has 7 nitrogen and oxygen atoms in total. The van der Waals surface area contributed by atoms with Crippen LogP contribution in [0.1, 0.15) is 10.5 Å². The molecule has 3 heterocycles. The third-order valence-electron chi connectivity index (χ3n) is 3.75. The smallest absolute Gasteiger partial charge is 0.406 e. The van der Waals surface area contributed by atoms with Crippen LogP contribution in [0.25, 0.3) is 16.9 Å². The number of imidazole rings is 1. The van der Waals surface area contributed by atoms with Crippen molar-refractivity contribution in [3.63, 3.8) is 0 Å². The summed E-state index contributed by atoms with van der Waals surface area (Å²) in [5.74, 6) is -0.743. The number of nitrogens with zero attached hydrogens (tertiary/aromatic N) is 3. The zero-order valence-electron chi connectivity index (χ0n) is 14.0. The van der Waals surface area contributed by atoms with Crippen LogP contribution < -0.4 is 15.4 Å². The zero-order chi connectivity index (χ0) is 19.7. The van der Waals surface area contributed by atoms with Gasteiger partial charge in [-0.25, -0.2) is 9.50 Å². The van der Waals surface area contributed by atoms with Gasteiger partial charge in [0.15, 0.2) is 16.8 Å². The average molecular weight is 407 g/mol. The van der Waals surface area contributed by atoms with Gasteiger partial charge in [-0.3, -0.25) is 4.79 Å². The average Bonchev–Trinajstić information content (AvgIpc) is 3.29. The molecule has 1 amide bonds. The molecule has 2 N–H and O–H groups in total. The van der Waals surface area contributed by atoms with E-state index in [4.69, 9.17) is 0 Å². The molecule has 28 heavy (non-hydrogen) atoms. The fraction of sp³-hybridized carbons (Fsp3) is 0.118. The number of carbonyl (C=O) groups is 1. The SMILES string of the molecule is O=C(NC1NC=CS1)c1cnc2ccc(-c3cccc(OC(F)(F)F)c3)nn12. The number of hydrogen-bond donors (Lipinski definition) is 2. The maximum atomic E-state index is 12.5. The maximum Gasteiger partial charge on any atom is 0.573 e. The first-order chi connectivity index (χ1) is 13.4. The molecule has 144 valence electrons. The molecule has 0 fully saturated rings. The zero-order valence-corrected chi connectivity index (χ0v) is 14.8. The Hall–Kier alpha value is -3.21. The summed E-state index contributed by atoms with van der Waals surface area (Å²) in [7, 11) is 0. The van der Waals surface area contributed by atoms with Gasteiger partial charge in [-0.1, -0.05) is 23.9 Å². The summed E-state index contributed by atoms with van der Waals surface area (Å²) >= 11 is 1.40. The van der Waals surface area contributed by atoms with Crippen molar-refractivity contribution < 1.29 is 22.7 Å². The molecule has 3 aromatic rings. The van der Waals surface area contributed by atoms with Crippen LogP contribution in [0.4, 0.5) is 13.2 Å². The van der Waals surface area contributed by atoms with E-state index >= 15 is 0 Å². The van der Waals surface area contributed by atoms with E-state index in [-0.39, 0.29) is 22.8 Å². The van der Waals surface area contributed by atoms with E-state index in [1.54, 1.807) is 24.4 Å². The van der Waals surface area contributed by atoms with Gasteiger partial charge in [0.05, 0.1) is 11.9 Å². The molecule has 0 saturated heterocycles. The first kappa shape index (κ1) is 18.2. The van der Waals surface area contributed by atoms with E-state index < -0.39 is 6.36 Å². The monoisotopic (exact) mass is 407 g/mol. The van der Waals surface area contributed by atoms with E-state index in [1.165, 1.54) is 40.7 Å². The van der Waals surface area contributed by atoms with Gasteiger partial charge in [-0.05, 0) is 29.7 Å². The van der Waals surface area contributed by atoms with E-state index in [0.717, 1.165) is 0 Å². The highest BCUT2D eigenvalue weighted by Gasteiger charge is 2.31. The summed E-state index contributed by atoms with van der Waals surface area (Å²) in [6, 6.07) is 8.68. The first-order valence-corrected chi connectivity index (χ1v) is 8.92. The van der Waals surface area contributed by atoms with Crippen molar-refractivity contribution in [2.45, 2.75) is 11.9 Å². The van der Waals surface area contributed by atoms with E-state index in [9.17, 15) is 18.0 Å². The molecular formula is C17H12F3N5O2S. The minimum atomic E-state index is -4.78. The quantitative estimate of drug-likeness (QED) is 0.692. The Morgan fingerprint density at radius 3 is 2.89 bits per heavy atom. The molecule has 0 saturated carbocycles. The molecule has 0 bridgehead atoms. The summed E-state index contributed by atoms with van der Waals surface area (Å²) < 4.78 is 42.6. The number of alkyl halides is 3. The lowest BCUT2D eigenvalue weighted by Gasteiger charge is -2.12. The summed E-state index contributed by atoms with van der Waals surface area (Å²) in [5, 5.41) is 11.9. The van der Waals surface area contributed by atoms with Gasteiger partial charge in [-0.2, -0.15) is 5.10 Å². The van der Waals surface area contributed by atoms with Crippen LogP contribution in [0, 0.1) is 0 Å². The van der Waals surface area contributed by atoms with Crippen molar-refractivity contribution >= 4 is 23.3 Å². The fourth-order valence-corrected chi connectivity index (χ4v) is 3.23. The summed E-state index contributed by atoms with van der Waals surface area (Å²) in [5.41, 5.74) is 1.11. The highest BCUT2D eigenvalue weighted by molar-refractivity contribution is 8.02. The molecular weight excluding hydrogens is 395 g/mol. The maximum absolute atomic E-state index is 12.5. The largest absolute Gasteiger partial charge is 0.573 e. The van der Waals surface area contributed by atoms with Gasteiger partial charge in [0, 0.05) is 11.8 Å². The molecule has 0 aliphatic carbocycles. The van der Waals surface area contributed by atoms with Crippen molar-refractivity contribution in [1.82, 2.24) is 25.2 Å². The standard InChI is InChI=1S/C17H12F3N5O2S/c18-17(19,20)27-11-3-1-2-10(8-11)12-4-5-14-22-9-13(25(14)24-12)15(26)23-16-21-6-7-28-16/h1-9,16,21H,(H,23,26). The molecule has 4 rings (SSSR count). The van der Waals surface area contributed by atoms with Crippen molar-refractivity contribution in [3.05, 3.63) is 59.9 Å². The Bertz CT molecular complexity index is 1060. The number of thioether (sulfide) groups is 1. The fourth-order valence-electron chi connectivity index (χ4n) is 2.59. The number of benzene rings is 1. The number of aromatic nitrogens is 3. The lowest BCUT2D eigenvalue weighted by molar-refractivity contribution is -0.274. The van der Waals surface area contributed by atoms with Crippen molar-refractivity contribution in [2.24, 2.45) is 0 Å². The number of ether oxygens (including phenoxy) is 1. The Balaban J connectivity index is 1.64. The Kier molecular flexibility index (Phi) is 4.59. The van der Waals surface area contributed by atoms with Crippen LogP contribution in [-0.2, 0) is 0 Å². The van der Waals surface area contributed by atoms with Crippen LogP contribution in [-0.4, -0.2) is 32.4 Å². The van der Waals surface area contributed by atoms with Gasteiger partial charge in [-0.15, -0.1) is 13.2 Å². The molecule has 0 spiro atoms. The highest BCUT2D eigenvalue weighted by atomic mass is 32.2. The molecule has 1 unspecified atom stereocenters. The van der Waals surface area contributed by atoms with E-state index in [1.807, 2.05) is 5.41 Å². The molecule has 2 aromatic heterocycles. The van der Waals surface area contributed by atoms with Crippen LogP contribution in [0.3, 0.4) is 0 Å². The minimum Gasteiger partial charge on any atom is -0.406 e. The molecule has 1 aliphatic heterocycles. The Labute approximate surface area is 160 Å². The molecule has 1 aromatic carbocycles. The van der Waals surface area contributed by atoms with Crippen molar-refractivity contribution in [1.29, 1.82) is 0 Å². The number of rotatable bonds is 4. The second-order valence-corrected chi connectivity index (χ2v) is 6.68. The highest BCUT2D eigenvalue weighted by Crippen LogP contribution is 2.27. The molecule has 1 atom stereocenters. The van der Waals surface area contributed by atoms with E-state index in [0.29, 0.717) is 16.9 Å². The second-order valence-electron chi connectivity index (χ2n) is 5.67. The van der Waals surface area contributed by atoms with Crippen LogP contribution in [0.15, 0.2) is 54.2 Å². The van der Waals surface area contributed by atoms with Gasteiger partial charge in [0.1, 0.15) is 5.75 Å². The number of carbonyl (C=O) groups excluding carboxylic acids is 1. The number of halogens is 3. The number of amides is 1. The lowest BCUT2D eigenvalue weighted by atomic mass is 10.1. The van der Waals surface area contributed by atoms with Crippen molar-refractivity contribution in [2.75, 3.05) is 0 Å². The first-order valence-electron chi connectivity index (χ1n) is 7.97. The molecule has 1 aliphatic rings. The molecule has 11 heteroatoms. The van der Waals surface area contributed by atoms with Crippen LogP contribution in [0.5, 0.6) is 5.75 Å². The van der Waals surface area contributed by atoms with E-state index in [2.05, 4.69) is 25.5 Å². The number of fused-ring (bicyclic) bond motifs is 1. The van der Waals surface area contributed by atoms with Gasteiger partial charge >= 0.3 is 6.36 Å². The summed E-state index contributed by atoms with van der Waals surface area (Å²) in [6.45, 7) is 0. The topological polar surface area (TPSA) is 80.5 Å². The Morgan fingerprint density at radius 2 is 2.14 bits per heavy atom. The third-order valence-corrected chi connectivity index (χ3v) is 4.57. The van der Waals surface area contributed by atoms with Gasteiger partial charge in [0.25, 0.3) is 5.91 Å². The van der Waals surface area contributed by atoms with Crippen LogP contribution >= 0.6 is 11.8 Å². The second kappa shape index (κ2) is 7.08. The Morgan fingerprint density at radius 1 is 1.29 bits per heavy atom. The summed E-state index contributed by atoms with van der Waals surface area (Å²) in [4.78, 5) is 16.6. The lowest BCUT2D eigenvalue weighted by Crippen LogP contribution is -2.39. The predicted molar refractivity (Wildman–Crippen MR) is 96.2 cm³/mol. The minimum absolute atomic E-state index is 0.203. The molecule has 0 radical (unpaired) electrons. The summed E-state index contributed by atoms with van der Waals surface area (Å²) in [6.07, 6.45) is -1.68. The predicted octanol–water partition coefficient (Wildman–Crippen LogP) is 3.12. The van der Waals surface area contributed by atoms with Crippen molar-refractivity contribution in [3.8, 4) is 17.0 Å². The van der Waals surface area contributed by atoms with Gasteiger partial charge < -0.3 is 15.4 Å². The number of hydrogen-bond acceptors (Lipinski definition) is 6. The third kappa shape index (κ3) is 3.88. The normalized spacial score (nSPS) is 16.2. The van der Waals surface area contributed by atoms with Gasteiger partial charge in [0.2, 0.25) is 0 Å². The van der Waals surface area contributed by atoms with Crippen LogP contribution in [0.2, 0.25) is 0 Å².